The minimum absolute atomic E-state index is 0.174. The smallest absolute Gasteiger partial charge is 0.326 e. The van der Waals surface area contributed by atoms with Gasteiger partial charge in [-0.15, -0.1) is 0 Å². The van der Waals surface area contributed by atoms with E-state index in [0.717, 1.165) is 0 Å². The van der Waals surface area contributed by atoms with Gasteiger partial charge in [-0.3, -0.25) is 19.2 Å². The van der Waals surface area contributed by atoms with Gasteiger partial charge in [0.15, 0.2) is 0 Å². The van der Waals surface area contributed by atoms with Gasteiger partial charge in [-0.25, -0.2) is 4.79 Å². The maximum Gasteiger partial charge on any atom is 0.326 e. The summed E-state index contributed by atoms with van der Waals surface area (Å²) in [7, 11) is 0. The third-order valence-corrected chi connectivity index (χ3v) is 5.12. The fraction of sp³-hybridized carbons (Fsp3) is 0.722. The molecular formula is C18H32N4O7S2. The van der Waals surface area contributed by atoms with Gasteiger partial charge >= 0.3 is 11.9 Å². The van der Waals surface area contributed by atoms with Gasteiger partial charge in [0.25, 0.3) is 0 Å². The lowest BCUT2D eigenvalue weighted by molar-refractivity contribution is -0.147. The zero-order valence-electron chi connectivity index (χ0n) is 17.8. The summed E-state index contributed by atoms with van der Waals surface area (Å²) in [5, 5.41) is 24.9. The molecule has 4 unspecified atom stereocenters. The van der Waals surface area contributed by atoms with Crippen LogP contribution in [-0.2, 0) is 24.0 Å². The second-order valence-corrected chi connectivity index (χ2v) is 8.67. The summed E-state index contributed by atoms with van der Waals surface area (Å²) in [4.78, 5) is 59.3. The molecule has 0 aromatic rings. The molecule has 3 amide bonds. The molecule has 0 heterocycles. The van der Waals surface area contributed by atoms with Crippen LogP contribution in [0.15, 0.2) is 0 Å². The molecule has 0 saturated heterocycles. The van der Waals surface area contributed by atoms with E-state index in [1.165, 1.54) is 11.8 Å². The van der Waals surface area contributed by atoms with E-state index in [4.69, 9.17) is 15.9 Å². The van der Waals surface area contributed by atoms with Gasteiger partial charge in [-0.1, -0.05) is 13.8 Å². The van der Waals surface area contributed by atoms with E-state index in [0.29, 0.717) is 12.2 Å². The zero-order valence-corrected chi connectivity index (χ0v) is 19.5. The molecule has 0 bridgehead atoms. The summed E-state index contributed by atoms with van der Waals surface area (Å²) < 4.78 is 0. The van der Waals surface area contributed by atoms with Crippen molar-refractivity contribution in [1.29, 1.82) is 0 Å². The van der Waals surface area contributed by atoms with Gasteiger partial charge in [0, 0.05) is 5.75 Å². The van der Waals surface area contributed by atoms with Crippen LogP contribution in [0.5, 0.6) is 0 Å². The fourth-order valence-electron chi connectivity index (χ4n) is 2.51. The van der Waals surface area contributed by atoms with Crippen LogP contribution in [0.1, 0.15) is 33.1 Å². The highest BCUT2D eigenvalue weighted by molar-refractivity contribution is 7.98. The Kier molecular flexibility index (Phi) is 14.0. The quantitative estimate of drug-likeness (QED) is 0.145. The maximum atomic E-state index is 12.7. The summed E-state index contributed by atoms with van der Waals surface area (Å²) in [6.45, 7) is 3.82. The van der Waals surface area contributed by atoms with Crippen molar-refractivity contribution in [2.75, 3.05) is 17.8 Å². The molecule has 4 atom stereocenters. The number of carbonyl (C=O) groups excluding carboxylic acids is 3. The first-order valence-corrected chi connectivity index (χ1v) is 11.7. The average molecular weight is 481 g/mol. The third-order valence-electron chi connectivity index (χ3n) is 4.11. The summed E-state index contributed by atoms with van der Waals surface area (Å²) in [6, 6.07) is -4.64. The van der Waals surface area contributed by atoms with Crippen LogP contribution in [0.3, 0.4) is 0 Å². The highest BCUT2D eigenvalue weighted by Gasteiger charge is 2.30. The second kappa shape index (κ2) is 14.9. The molecule has 11 nitrogen and oxygen atoms in total. The molecule has 0 radical (unpaired) electrons. The maximum absolute atomic E-state index is 12.7. The predicted molar refractivity (Wildman–Crippen MR) is 120 cm³/mol. The van der Waals surface area contributed by atoms with Crippen LogP contribution >= 0.6 is 24.4 Å². The third kappa shape index (κ3) is 11.8. The van der Waals surface area contributed by atoms with Crippen molar-refractivity contribution in [2.45, 2.75) is 57.3 Å². The topological polar surface area (TPSA) is 188 Å². The molecule has 31 heavy (non-hydrogen) atoms. The number of thiol groups is 1. The number of hydrogen-bond acceptors (Lipinski definition) is 8. The molecule has 0 spiro atoms. The molecule has 178 valence electrons. The molecule has 0 saturated carbocycles. The first kappa shape index (κ1) is 29.0. The molecule has 0 fully saturated rings. The lowest BCUT2D eigenvalue weighted by Crippen LogP contribution is -2.58. The molecule has 0 aromatic carbocycles. The Morgan fingerprint density at radius 2 is 1.45 bits per heavy atom. The molecule has 7 N–H and O–H groups in total. The van der Waals surface area contributed by atoms with E-state index in [1.54, 1.807) is 0 Å². The molecule has 0 aliphatic heterocycles. The Balaban J connectivity index is 5.20. The Bertz CT molecular complexity index is 648. The Labute approximate surface area is 191 Å². The Hall–Kier alpha value is -1.99. The first-order chi connectivity index (χ1) is 14.4. The summed E-state index contributed by atoms with van der Waals surface area (Å²) in [6.07, 6.45) is 1.73. The normalized spacial score (nSPS) is 14.8. The van der Waals surface area contributed by atoms with Gasteiger partial charge in [0.2, 0.25) is 17.7 Å². The number of rotatable bonds is 15. The Morgan fingerprint density at radius 3 is 1.90 bits per heavy atom. The number of carboxylic acid groups (broad SMARTS) is 2. The fourth-order valence-corrected chi connectivity index (χ4v) is 3.24. The van der Waals surface area contributed by atoms with Crippen LogP contribution in [0.4, 0.5) is 0 Å². The highest BCUT2D eigenvalue weighted by atomic mass is 32.2. The number of nitrogens with one attached hydrogen (secondary N) is 3. The summed E-state index contributed by atoms with van der Waals surface area (Å²) in [5.74, 6) is -4.41. The molecule has 0 aromatic heterocycles. The van der Waals surface area contributed by atoms with E-state index < -0.39 is 60.2 Å². The summed E-state index contributed by atoms with van der Waals surface area (Å²) in [5.41, 5.74) is 5.86. The number of aliphatic carboxylic acids is 2. The van der Waals surface area contributed by atoms with Crippen LogP contribution in [0.2, 0.25) is 0 Å². The lowest BCUT2D eigenvalue weighted by atomic mass is 10.0. The second-order valence-electron chi connectivity index (χ2n) is 7.32. The standard InChI is InChI=1S/C18H32N4O7S2/c1-9(2)6-10(19)15(25)20-11(4-5-31-3)16(26)22-13(8-30)17(27)21-12(18(28)29)7-14(23)24/h9-13,30H,4-8,19H2,1-3H3,(H,20,25)(H,21,27)(H,22,26)(H,23,24)(H,28,29). The molecule has 0 aliphatic rings. The van der Waals surface area contributed by atoms with Gasteiger partial charge in [0.05, 0.1) is 12.5 Å². The number of carboxylic acids is 2. The lowest BCUT2D eigenvalue weighted by Gasteiger charge is -2.24. The van der Waals surface area contributed by atoms with Crippen molar-refractivity contribution in [3.05, 3.63) is 0 Å². The number of nitrogens with two attached hydrogens (primary N) is 1. The van der Waals surface area contributed by atoms with Crippen LogP contribution in [0, 0.1) is 5.92 Å². The number of hydrogen-bond donors (Lipinski definition) is 7. The SMILES string of the molecule is CSCCC(NC(=O)C(N)CC(C)C)C(=O)NC(CS)C(=O)NC(CC(=O)O)C(=O)O. The van der Waals surface area contributed by atoms with Crippen molar-refractivity contribution in [2.24, 2.45) is 11.7 Å². The number of amides is 3. The summed E-state index contributed by atoms with van der Waals surface area (Å²) >= 11 is 5.47. The van der Waals surface area contributed by atoms with E-state index in [9.17, 15) is 24.0 Å². The van der Waals surface area contributed by atoms with Crippen LogP contribution < -0.4 is 21.7 Å². The monoisotopic (exact) mass is 480 g/mol. The molecule has 13 heteroatoms. The highest BCUT2D eigenvalue weighted by Crippen LogP contribution is 2.06. The Morgan fingerprint density at radius 1 is 0.935 bits per heavy atom. The van der Waals surface area contributed by atoms with Crippen molar-refractivity contribution in [3.8, 4) is 0 Å². The minimum atomic E-state index is -1.66. The number of thioether (sulfide) groups is 1. The van der Waals surface area contributed by atoms with Gasteiger partial charge in [-0.2, -0.15) is 24.4 Å². The molecule has 0 aliphatic carbocycles. The van der Waals surface area contributed by atoms with Crippen molar-refractivity contribution in [1.82, 2.24) is 16.0 Å². The number of carbonyl (C=O) groups is 5. The van der Waals surface area contributed by atoms with Crippen molar-refractivity contribution >= 4 is 54.1 Å². The van der Waals surface area contributed by atoms with E-state index in [2.05, 4.69) is 28.6 Å². The van der Waals surface area contributed by atoms with Gasteiger partial charge in [0.1, 0.15) is 18.1 Å². The van der Waals surface area contributed by atoms with Crippen LogP contribution in [-0.4, -0.2) is 81.8 Å². The van der Waals surface area contributed by atoms with Crippen molar-refractivity contribution < 1.29 is 34.2 Å². The van der Waals surface area contributed by atoms with Gasteiger partial charge in [-0.05, 0) is 30.8 Å². The van der Waals surface area contributed by atoms with Crippen molar-refractivity contribution in [3.63, 3.8) is 0 Å². The first-order valence-electron chi connectivity index (χ1n) is 9.63. The van der Waals surface area contributed by atoms with E-state index in [1.807, 2.05) is 20.1 Å². The minimum Gasteiger partial charge on any atom is -0.481 e. The predicted octanol–water partition coefficient (Wildman–Crippen LogP) is -0.944. The largest absolute Gasteiger partial charge is 0.481 e. The van der Waals surface area contributed by atoms with E-state index in [-0.39, 0.29) is 18.1 Å². The van der Waals surface area contributed by atoms with E-state index >= 15 is 0 Å². The van der Waals surface area contributed by atoms with Crippen LogP contribution in [0.25, 0.3) is 0 Å². The zero-order chi connectivity index (χ0) is 24.1. The average Bonchev–Trinajstić information content (AvgIpc) is 2.67. The molecule has 0 rings (SSSR count). The molecular weight excluding hydrogens is 448 g/mol. The van der Waals surface area contributed by atoms with Gasteiger partial charge < -0.3 is 31.9 Å².